The molecule has 0 radical (unpaired) electrons. The van der Waals surface area contributed by atoms with Gasteiger partial charge in [-0.2, -0.15) is 0 Å². The Morgan fingerprint density at radius 2 is 1.70 bits per heavy atom. The van der Waals surface area contributed by atoms with Crippen LogP contribution in [0.2, 0.25) is 0 Å². The number of piperazine rings is 1. The van der Waals surface area contributed by atoms with Crippen LogP contribution in [0, 0.1) is 11.3 Å². The first-order valence-electron chi connectivity index (χ1n) is 13.1. The lowest BCUT2D eigenvalue weighted by Crippen LogP contribution is -2.57. The van der Waals surface area contributed by atoms with E-state index in [0.29, 0.717) is 25.6 Å². The number of carbonyl (C=O) groups is 2. The predicted molar refractivity (Wildman–Crippen MR) is 145 cm³/mol. The molecule has 2 aliphatic heterocycles. The van der Waals surface area contributed by atoms with E-state index in [1.807, 2.05) is 59.5 Å². The van der Waals surface area contributed by atoms with Crippen molar-refractivity contribution >= 4 is 23.4 Å². The number of anilines is 1. The monoisotopic (exact) mass is 506 g/mol. The van der Waals surface area contributed by atoms with Gasteiger partial charge in [-0.15, -0.1) is 0 Å². The van der Waals surface area contributed by atoms with E-state index in [-0.39, 0.29) is 24.2 Å². The van der Waals surface area contributed by atoms with E-state index >= 15 is 0 Å². The molecule has 2 aliphatic rings. The van der Waals surface area contributed by atoms with Gasteiger partial charge in [-0.3, -0.25) is 24.8 Å². The molecular weight excluding hydrogens is 468 g/mol. The summed E-state index contributed by atoms with van der Waals surface area (Å²) in [5.41, 5.74) is 8.52. The number of hydrogen-bond acceptors (Lipinski definition) is 6. The van der Waals surface area contributed by atoms with Crippen LogP contribution in [0.25, 0.3) is 0 Å². The molecule has 37 heavy (non-hydrogen) atoms. The van der Waals surface area contributed by atoms with Gasteiger partial charge >= 0.3 is 5.97 Å². The van der Waals surface area contributed by atoms with Crippen molar-refractivity contribution in [3.63, 3.8) is 0 Å². The molecule has 2 aromatic rings. The Balaban J connectivity index is 1.32. The molecule has 4 rings (SSSR count). The molecule has 2 aromatic carbocycles. The molecule has 0 aliphatic carbocycles. The van der Waals surface area contributed by atoms with Crippen molar-refractivity contribution in [1.82, 2.24) is 15.1 Å². The number of carboxylic acids is 1. The molecule has 2 unspecified atom stereocenters. The first-order chi connectivity index (χ1) is 17.9. The fraction of sp³-hybridized carbons (Fsp3) is 0.464. The molecule has 0 saturated carbocycles. The number of amidine groups is 1. The van der Waals surface area contributed by atoms with E-state index in [0.717, 1.165) is 62.4 Å². The molecule has 198 valence electrons. The lowest BCUT2D eigenvalue weighted by atomic mass is 9.86. The van der Waals surface area contributed by atoms with Gasteiger partial charge in [0.15, 0.2) is 0 Å². The molecule has 9 nitrogen and oxygen atoms in total. The summed E-state index contributed by atoms with van der Waals surface area (Å²) in [6.45, 7) is 5.69. The van der Waals surface area contributed by atoms with Crippen molar-refractivity contribution in [3.05, 3.63) is 65.7 Å². The van der Waals surface area contributed by atoms with Crippen molar-refractivity contribution < 1.29 is 14.7 Å². The van der Waals surface area contributed by atoms with Crippen LogP contribution in [0.5, 0.6) is 0 Å². The van der Waals surface area contributed by atoms with E-state index in [2.05, 4.69) is 15.1 Å². The molecule has 2 fully saturated rings. The fourth-order valence-electron chi connectivity index (χ4n) is 5.56. The van der Waals surface area contributed by atoms with Gasteiger partial charge in [0.2, 0.25) is 5.91 Å². The second-order valence-electron chi connectivity index (χ2n) is 10.0. The van der Waals surface area contributed by atoms with E-state index in [1.54, 1.807) is 0 Å². The average molecular weight is 507 g/mol. The SMILES string of the molecule is N=C(N)c1ccc(N2CCN(C3CCN(CC(=O)O)CC3CCC(=O)NCc3ccccc3)CC2)cc1. The third-order valence-corrected chi connectivity index (χ3v) is 7.54. The van der Waals surface area contributed by atoms with Crippen LogP contribution in [-0.2, 0) is 16.1 Å². The number of nitrogens with zero attached hydrogens (tertiary/aromatic N) is 3. The number of carboxylic acid groups (broad SMARTS) is 1. The third kappa shape index (κ3) is 7.53. The lowest BCUT2D eigenvalue weighted by molar-refractivity contribution is -0.139. The average Bonchev–Trinajstić information content (AvgIpc) is 2.91. The molecule has 0 aromatic heterocycles. The Bertz CT molecular complexity index is 1050. The second kappa shape index (κ2) is 12.7. The van der Waals surface area contributed by atoms with Crippen molar-refractivity contribution in [2.24, 2.45) is 11.7 Å². The number of piperidine rings is 1. The van der Waals surface area contributed by atoms with Gasteiger partial charge in [0, 0.05) is 69.5 Å². The summed E-state index contributed by atoms with van der Waals surface area (Å²) in [5, 5.41) is 19.9. The number of aliphatic carboxylic acids is 1. The molecule has 5 N–H and O–H groups in total. The number of carbonyl (C=O) groups excluding carboxylic acids is 1. The van der Waals surface area contributed by atoms with E-state index in [4.69, 9.17) is 11.1 Å². The Hall–Kier alpha value is -3.43. The zero-order chi connectivity index (χ0) is 26.2. The maximum atomic E-state index is 12.6. The molecule has 9 heteroatoms. The van der Waals surface area contributed by atoms with Gasteiger partial charge < -0.3 is 21.1 Å². The Morgan fingerprint density at radius 3 is 2.35 bits per heavy atom. The van der Waals surface area contributed by atoms with Gasteiger partial charge in [0.1, 0.15) is 5.84 Å². The first kappa shape index (κ1) is 26.6. The number of amides is 1. The normalized spacial score (nSPS) is 20.9. The van der Waals surface area contributed by atoms with Gasteiger partial charge in [-0.25, -0.2) is 0 Å². The fourth-order valence-corrected chi connectivity index (χ4v) is 5.56. The maximum Gasteiger partial charge on any atom is 0.317 e. The second-order valence-corrected chi connectivity index (χ2v) is 10.0. The zero-order valence-corrected chi connectivity index (χ0v) is 21.3. The minimum Gasteiger partial charge on any atom is -0.480 e. The van der Waals surface area contributed by atoms with Crippen LogP contribution >= 0.6 is 0 Å². The van der Waals surface area contributed by atoms with Gasteiger partial charge in [0.05, 0.1) is 6.54 Å². The largest absolute Gasteiger partial charge is 0.480 e. The summed E-state index contributed by atoms with van der Waals surface area (Å²) < 4.78 is 0. The number of nitrogens with one attached hydrogen (secondary N) is 2. The Kier molecular flexibility index (Phi) is 9.14. The molecule has 0 bridgehead atoms. The standard InChI is InChI=1S/C28H38N6O3/c29-28(30)22-6-9-24(10-7-22)33-14-16-34(17-15-33)25-12-13-32(20-27(36)37)19-23(25)8-11-26(35)31-18-21-4-2-1-3-5-21/h1-7,9-10,23,25H,8,11-20H2,(H3,29,30)(H,31,35)(H,36,37). The zero-order valence-electron chi connectivity index (χ0n) is 21.3. The minimum atomic E-state index is -0.804. The van der Waals surface area contributed by atoms with Crippen LogP contribution in [0.1, 0.15) is 30.4 Å². The number of nitrogens with two attached hydrogens (primary N) is 1. The number of likely N-dealkylation sites (tertiary alicyclic amines) is 1. The van der Waals surface area contributed by atoms with Crippen LogP contribution in [-0.4, -0.2) is 84.5 Å². The summed E-state index contributed by atoms with van der Waals surface area (Å²) in [6, 6.07) is 18.1. The number of benzene rings is 2. The molecule has 2 atom stereocenters. The third-order valence-electron chi connectivity index (χ3n) is 7.54. The van der Waals surface area contributed by atoms with Crippen LogP contribution in [0.4, 0.5) is 5.69 Å². The minimum absolute atomic E-state index is 0.0387. The van der Waals surface area contributed by atoms with Gasteiger partial charge in [-0.05, 0) is 48.6 Å². The molecular formula is C28H38N6O3. The highest BCUT2D eigenvalue weighted by atomic mass is 16.4. The number of nitrogen functional groups attached to an aromatic ring is 1. The summed E-state index contributed by atoms with van der Waals surface area (Å²) >= 11 is 0. The predicted octanol–water partition coefficient (Wildman–Crippen LogP) is 1.96. The van der Waals surface area contributed by atoms with Crippen LogP contribution in [0.15, 0.2) is 54.6 Å². The summed E-state index contributed by atoms with van der Waals surface area (Å²) in [7, 11) is 0. The molecule has 2 heterocycles. The van der Waals surface area contributed by atoms with Crippen LogP contribution < -0.4 is 16.0 Å². The number of rotatable bonds is 10. The molecule has 2 saturated heterocycles. The highest BCUT2D eigenvalue weighted by Gasteiger charge is 2.35. The van der Waals surface area contributed by atoms with E-state index in [1.165, 1.54) is 0 Å². The van der Waals surface area contributed by atoms with Crippen molar-refractivity contribution in [2.45, 2.75) is 31.8 Å². The topological polar surface area (TPSA) is 126 Å². The highest BCUT2D eigenvalue weighted by Crippen LogP contribution is 2.28. The van der Waals surface area contributed by atoms with Crippen molar-refractivity contribution in [3.8, 4) is 0 Å². The van der Waals surface area contributed by atoms with Gasteiger partial charge in [0.25, 0.3) is 0 Å². The highest BCUT2D eigenvalue weighted by molar-refractivity contribution is 5.95. The van der Waals surface area contributed by atoms with Crippen LogP contribution in [0.3, 0.4) is 0 Å². The summed E-state index contributed by atoms with van der Waals surface area (Å²) in [6.07, 6.45) is 2.10. The van der Waals surface area contributed by atoms with Crippen molar-refractivity contribution in [1.29, 1.82) is 5.41 Å². The van der Waals surface area contributed by atoms with E-state index < -0.39 is 5.97 Å². The Morgan fingerprint density at radius 1 is 1.00 bits per heavy atom. The number of hydrogen-bond donors (Lipinski definition) is 4. The van der Waals surface area contributed by atoms with Crippen molar-refractivity contribution in [2.75, 3.05) is 50.7 Å². The lowest BCUT2D eigenvalue weighted by Gasteiger charge is -2.47. The smallest absolute Gasteiger partial charge is 0.317 e. The van der Waals surface area contributed by atoms with E-state index in [9.17, 15) is 14.7 Å². The maximum absolute atomic E-state index is 12.6. The summed E-state index contributed by atoms with van der Waals surface area (Å²) in [4.78, 5) is 30.8. The first-order valence-corrected chi connectivity index (χ1v) is 13.1. The van der Waals surface area contributed by atoms with Gasteiger partial charge in [-0.1, -0.05) is 30.3 Å². The molecule has 0 spiro atoms. The quantitative estimate of drug-likeness (QED) is 0.287. The summed E-state index contributed by atoms with van der Waals surface area (Å²) in [5.74, 6) is -0.443. The molecule has 1 amide bonds. The Labute approximate surface area is 218 Å².